The van der Waals surface area contributed by atoms with Gasteiger partial charge in [-0.15, -0.1) is 23.2 Å². The van der Waals surface area contributed by atoms with Crippen molar-refractivity contribution in [1.82, 2.24) is 0 Å². The lowest BCUT2D eigenvalue weighted by Crippen LogP contribution is -2.07. The van der Waals surface area contributed by atoms with Gasteiger partial charge >= 0.3 is 0 Å². The van der Waals surface area contributed by atoms with E-state index >= 15 is 0 Å². The van der Waals surface area contributed by atoms with Gasteiger partial charge in [-0.2, -0.15) is 0 Å². The maximum atomic E-state index is 5.54. The number of alkyl halides is 2. The zero-order valence-electron chi connectivity index (χ0n) is 4.44. The first-order valence-electron chi connectivity index (χ1n) is 2.23. The Bertz CT molecular complexity index is 65.4. The summed E-state index contributed by atoms with van der Waals surface area (Å²) in [6.07, 6.45) is 1.35. The molecule has 48 valence electrons. The monoisotopic (exact) mass is 154 g/mol. The Morgan fingerprint density at radius 1 is 1.75 bits per heavy atom. The van der Waals surface area contributed by atoms with Crippen LogP contribution in [0.4, 0.5) is 0 Å². The van der Waals surface area contributed by atoms with Crippen LogP contribution in [0.3, 0.4) is 0 Å². The highest BCUT2D eigenvalue weighted by Crippen LogP contribution is 1.98. The normalized spacial score (nSPS) is 12.8. The summed E-state index contributed by atoms with van der Waals surface area (Å²) in [6, 6.07) is 0. The van der Waals surface area contributed by atoms with Crippen LogP contribution in [0, 0.1) is 0 Å². The Labute approximate surface area is 59.2 Å². The Kier molecular flexibility index (Phi) is 5.34. The van der Waals surface area contributed by atoms with Crippen molar-refractivity contribution in [2.24, 2.45) is 0 Å². The Balaban J connectivity index is 2.97. The molecule has 0 aromatic carbocycles. The van der Waals surface area contributed by atoms with Crippen LogP contribution >= 0.6 is 23.2 Å². The van der Waals surface area contributed by atoms with Crippen LogP contribution in [0.1, 0.15) is 0 Å². The van der Waals surface area contributed by atoms with Crippen LogP contribution in [-0.4, -0.2) is 17.9 Å². The van der Waals surface area contributed by atoms with E-state index in [9.17, 15) is 0 Å². The fraction of sp³-hybridized carbons (Fsp3) is 0.600. The van der Waals surface area contributed by atoms with Crippen molar-refractivity contribution in [3.63, 3.8) is 0 Å². The first kappa shape index (κ1) is 8.12. The molecule has 0 fully saturated rings. The number of ether oxygens (including phenoxy) is 1. The largest absolute Gasteiger partial charge is 0.500 e. The number of rotatable bonds is 4. The van der Waals surface area contributed by atoms with Crippen LogP contribution in [0.25, 0.3) is 0 Å². The van der Waals surface area contributed by atoms with Crippen molar-refractivity contribution in [2.45, 2.75) is 5.38 Å². The molecule has 0 spiro atoms. The van der Waals surface area contributed by atoms with Crippen molar-refractivity contribution in [3.05, 3.63) is 12.8 Å². The molecule has 8 heavy (non-hydrogen) atoms. The molecule has 0 bridgehead atoms. The Morgan fingerprint density at radius 2 is 2.38 bits per heavy atom. The van der Waals surface area contributed by atoms with Crippen LogP contribution in [0.2, 0.25) is 0 Å². The lowest BCUT2D eigenvalue weighted by Gasteiger charge is -2.02. The second-order valence-electron chi connectivity index (χ2n) is 1.25. The summed E-state index contributed by atoms with van der Waals surface area (Å²) >= 11 is 10.9. The van der Waals surface area contributed by atoms with E-state index in [1.807, 2.05) is 0 Å². The van der Waals surface area contributed by atoms with Crippen LogP contribution in [-0.2, 0) is 4.74 Å². The third kappa shape index (κ3) is 4.28. The van der Waals surface area contributed by atoms with Gasteiger partial charge in [0.1, 0.15) is 6.61 Å². The predicted octanol–water partition coefficient (Wildman–Crippen LogP) is 1.99. The highest BCUT2D eigenvalue weighted by atomic mass is 35.5. The van der Waals surface area contributed by atoms with E-state index < -0.39 is 0 Å². The fourth-order valence-corrected chi connectivity index (χ4v) is 0.379. The number of halogens is 2. The smallest absolute Gasteiger partial charge is 0.105 e. The summed E-state index contributed by atoms with van der Waals surface area (Å²) in [5.41, 5.74) is 0. The fourth-order valence-electron chi connectivity index (χ4n) is 0.217. The average molecular weight is 155 g/mol. The van der Waals surface area contributed by atoms with E-state index in [-0.39, 0.29) is 5.38 Å². The molecule has 0 saturated heterocycles. The lowest BCUT2D eigenvalue weighted by atomic mass is 10.5. The van der Waals surface area contributed by atoms with Gasteiger partial charge in [-0.05, 0) is 0 Å². The molecule has 0 amide bonds. The molecule has 0 saturated carbocycles. The maximum absolute atomic E-state index is 5.54. The van der Waals surface area contributed by atoms with Gasteiger partial charge in [0.25, 0.3) is 0 Å². The van der Waals surface area contributed by atoms with Gasteiger partial charge in [-0.3, -0.25) is 0 Å². The zero-order valence-corrected chi connectivity index (χ0v) is 5.95. The van der Waals surface area contributed by atoms with Gasteiger partial charge in [-0.25, -0.2) is 0 Å². The molecule has 3 heteroatoms. The summed E-state index contributed by atoms with van der Waals surface area (Å²) in [5.74, 6) is 0.412. The molecule has 1 unspecified atom stereocenters. The van der Waals surface area contributed by atoms with Crippen molar-refractivity contribution >= 4 is 23.2 Å². The molecule has 0 aliphatic rings. The van der Waals surface area contributed by atoms with Crippen molar-refractivity contribution in [2.75, 3.05) is 12.5 Å². The van der Waals surface area contributed by atoms with E-state index in [1.165, 1.54) is 6.26 Å². The van der Waals surface area contributed by atoms with Crippen molar-refractivity contribution in [1.29, 1.82) is 0 Å². The summed E-state index contributed by atoms with van der Waals surface area (Å²) in [7, 11) is 0. The number of hydrogen-bond acceptors (Lipinski definition) is 1. The van der Waals surface area contributed by atoms with Gasteiger partial charge in [-0.1, -0.05) is 6.58 Å². The second-order valence-corrected chi connectivity index (χ2v) is 2.18. The third-order valence-corrected chi connectivity index (χ3v) is 1.37. The zero-order chi connectivity index (χ0) is 6.41. The first-order chi connectivity index (χ1) is 3.81. The van der Waals surface area contributed by atoms with Gasteiger partial charge in [0.05, 0.1) is 11.6 Å². The molecule has 1 nitrogen and oxygen atoms in total. The van der Waals surface area contributed by atoms with E-state index in [4.69, 9.17) is 27.9 Å². The molecular weight excluding hydrogens is 147 g/mol. The van der Waals surface area contributed by atoms with Gasteiger partial charge in [0, 0.05) is 5.88 Å². The molecule has 1 atom stereocenters. The van der Waals surface area contributed by atoms with E-state index in [0.29, 0.717) is 12.5 Å². The summed E-state index contributed by atoms with van der Waals surface area (Å²) in [5, 5.41) is -0.102. The van der Waals surface area contributed by atoms with Crippen LogP contribution < -0.4 is 0 Å². The minimum atomic E-state index is -0.102. The van der Waals surface area contributed by atoms with E-state index in [1.54, 1.807) is 0 Å². The molecule has 0 radical (unpaired) electrons. The maximum Gasteiger partial charge on any atom is 0.105 e. The van der Waals surface area contributed by atoms with Crippen molar-refractivity contribution < 1.29 is 4.74 Å². The molecule has 0 N–H and O–H groups in total. The molecule has 0 aliphatic heterocycles. The Hall–Kier alpha value is 0.120. The van der Waals surface area contributed by atoms with Gasteiger partial charge < -0.3 is 4.74 Å². The Morgan fingerprint density at radius 3 is 2.75 bits per heavy atom. The predicted molar refractivity (Wildman–Crippen MR) is 36.5 cm³/mol. The van der Waals surface area contributed by atoms with E-state index in [0.717, 1.165) is 0 Å². The third-order valence-electron chi connectivity index (χ3n) is 0.562. The highest BCUT2D eigenvalue weighted by Gasteiger charge is 1.99. The highest BCUT2D eigenvalue weighted by molar-refractivity contribution is 6.28. The first-order valence-corrected chi connectivity index (χ1v) is 3.21. The topological polar surface area (TPSA) is 9.23 Å². The summed E-state index contributed by atoms with van der Waals surface area (Å²) in [4.78, 5) is 0. The summed E-state index contributed by atoms with van der Waals surface area (Å²) in [6.45, 7) is 3.78. The van der Waals surface area contributed by atoms with Gasteiger partial charge in [0.15, 0.2) is 0 Å². The number of hydrogen-bond donors (Lipinski definition) is 0. The van der Waals surface area contributed by atoms with Crippen LogP contribution in [0.5, 0.6) is 0 Å². The SMILES string of the molecule is C=COCC(Cl)CCl. The minimum absolute atomic E-state index is 0.102. The van der Waals surface area contributed by atoms with Gasteiger partial charge in [0.2, 0.25) is 0 Å². The van der Waals surface area contributed by atoms with E-state index in [2.05, 4.69) is 6.58 Å². The molecule has 0 aromatic rings. The van der Waals surface area contributed by atoms with Crippen LogP contribution in [0.15, 0.2) is 12.8 Å². The molecule has 0 aromatic heterocycles. The molecule has 0 rings (SSSR count). The molecule has 0 aliphatic carbocycles. The lowest BCUT2D eigenvalue weighted by molar-refractivity contribution is 0.254. The minimum Gasteiger partial charge on any atom is -0.500 e. The summed E-state index contributed by atoms with van der Waals surface area (Å²) < 4.78 is 4.73. The second kappa shape index (κ2) is 5.26. The van der Waals surface area contributed by atoms with Crippen molar-refractivity contribution in [3.8, 4) is 0 Å². The quantitative estimate of drug-likeness (QED) is 0.445. The molecule has 0 heterocycles. The molecular formula is C5H8Cl2O. The standard InChI is InChI=1S/C5H8Cl2O/c1-2-8-4-5(7)3-6/h2,5H,1,3-4H2. The average Bonchev–Trinajstić information content (AvgIpc) is 1.83.